The van der Waals surface area contributed by atoms with Crippen LogP contribution in [0, 0.1) is 0 Å². The van der Waals surface area contributed by atoms with Crippen LogP contribution in [-0.2, 0) is 39.9 Å². The van der Waals surface area contributed by atoms with E-state index < -0.39 is 15.6 Å². The third-order valence-corrected chi connectivity index (χ3v) is 6.56. The quantitative estimate of drug-likeness (QED) is 0.627. The summed E-state index contributed by atoms with van der Waals surface area (Å²) in [5.74, 6) is -0.637. The Hall–Kier alpha value is -2.93. The van der Waals surface area contributed by atoms with E-state index in [4.69, 9.17) is 0 Å². The fourth-order valence-corrected chi connectivity index (χ4v) is 4.93. The zero-order valence-corrected chi connectivity index (χ0v) is 16.9. The number of amides is 1. The molecule has 1 aliphatic heterocycles. The van der Waals surface area contributed by atoms with Crippen molar-refractivity contribution in [3.63, 3.8) is 0 Å². The van der Waals surface area contributed by atoms with E-state index in [9.17, 15) is 13.2 Å². The average Bonchev–Trinajstić information content (AvgIpc) is 3.13. The van der Waals surface area contributed by atoms with Gasteiger partial charge in [-0.25, -0.2) is 13.4 Å². The number of benzene rings is 2. The average molecular weight is 410 g/mol. The zero-order valence-electron chi connectivity index (χ0n) is 16.1. The van der Waals surface area contributed by atoms with Crippen LogP contribution in [0.3, 0.4) is 0 Å². The highest BCUT2D eigenvalue weighted by molar-refractivity contribution is 7.91. The van der Waals surface area contributed by atoms with E-state index >= 15 is 0 Å². The highest BCUT2D eigenvalue weighted by Gasteiger charge is 2.26. The predicted molar refractivity (Wildman–Crippen MR) is 111 cm³/mol. The van der Waals surface area contributed by atoms with Crippen LogP contribution in [0.4, 0.5) is 0 Å². The van der Waals surface area contributed by atoms with Gasteiger partial charge in [0.15, 0.2) is 9.84 Å². The van der Waals surface area contributed by atoms with E-state index in [0.29, 0.717) is 25.5 Å². The number of nitrogens with zero attached hydrogens (tertiary/aromatic N) is 3. The van der Waals surface area contributed by atoms with Crippen molar-refractivity contribution in [1.82, 2.24) is 14.5 Å². The lowest BCUT2D eigenvalue weighted by Crippen LogP contribution is -2.39. The van der Waals surface area contributed by atoms with Crippen LogP contribution in [-0.4, -0.2) is 41.1 Å². The topological polar surface area (TPSA) is 72.3 Å². The molecule has 4 rings (SSSR count). The lowest BCUT2D eigenvalue weighted by Gasteiger charge is -2.28. The molecule has 1 aliphatic rings. The number of rotatable bonds is 6. The maximum absolute atomic E-state index is 12.7. The molecule has 0 fully saturated rings. The molecule has 1 aromatic heterocycles. The molecule has 0 bridgehead atoms. The van der Waals surface area contributed by atoms with Crippen molar-refractivity contribution in [3.05, 3.63) is 89.5 Å². The minimum absolute atomic E-state index is 0.247. The Morgan fingerprint density at radius 2 is 1.72 bits per heavy atom. The van der Waals surface area contributed by atoms with E-state index in [1.54, 1.807) is 17.3 Å². The van der Waals surface area contributed by atoms with E-state index in [1.807, 2.05) is 53.1 Å². The van der Waals surface area contributed by atoms with Crippen molar-refractivity contribution < 1.29 is 13.2 Å². The molecular formula is C22H23N3O3S. The van der Waals surface area contributed by atoms with Gasteiger partial charge in [-0.05, 0) is 23.1 Å². The summed E-state index contributed by atoms with van der Waals surface area (Å²) in [6, 6.07) is 17.8. The number of hydrogen-bond acceptors (Lipinski definition) is 4. The van der Waals surface area contributed by atoms with Gasteiger partial charge in [-0.15, -0.1) is 0 Å². The van der Waals surface area contributed by atoms with Gasteiger partial charge in [0.05, 0.1) is 0 Å². The SMILES string of the molecule is O=C(CS(=O)(=O)Cc1nccn1Cc1ccccc1)N1CCc2ccccc2C1. The van der Waals surface area contributed by atoms with E-state index in [-0.39, 0.29) is 11.7 Å². The third kappa shape index (κ3) is 4.74. The molecule has 0 aliphatic carbocycles. The fraction of sp³-hybridized carbons (Fsp3) is 0.273. The van der Waals surface area contributed by atoms with Gasteiger partial charge in [0.2, 0.25) is 5.91 Å². The van der Waals surface area contributed by atoms with Crippen LogP contribution in [0.2, 0.25) is 0 Å². The van der Waals surface area contributed by atoms with Crippen molar-refractivity contribution in [2.45, 2.75) is 25.3 Å². The number of carbonyl (C=O) groups is 1. The molecule has 29 heavy (non-hydrogen) atoms. The summed E-state index contributed by atoms with van der Waals surface area (Å²) in [6.45, 7) is 1.56. The van der Waals surface area contributed by atoms with Crippen LogP contribution in [0.25, 0.3) is 0 Å². The van der Waals surface area contributed by atoms with Gasteiger partial charge in [-0.3, -0.25) is 4.79 Å². The summed E-state index contributed by atoms with van der Waals surface area (Å²) in [5.41, 5.74) is 3.37. The van der Waals surface area contributed by atoms with Crippen LogP contribution < -0.4 is 0 Å². The van der Waals surface area contributed by atoms with E-state index in [2.05, 4.69) is 11.1 Å². The van der Waals surface area contributed by atoms with Crippen molar-refractivity contribution >= 4 is 15.7 Å². The molecule has 3 aromatic rings. The number of fused-ring (bicyclic) bond motifs is 1. The molecule has 2 aromatic carbocycles. The monoisotopic (exact) mass is 409 g/mol. The number of aromatic nitrogens is 2. The smallest absolute Gasteiger partial charge is 0.238 e. The highest BCUT2D eigenvalue weighted by Crippen LogP contribution is 2.19. The Balaban J connectivity index is 1.41. The first kappa shape index (κ1) is 19.4. The Labute approximate surface area is 170 Å². The third-order valence-electron chi connectivity index (χ3n) is 5.17. The first-order valence-electron chi connectivity index (χ1n) is 9.59. The molecule has 0 saturated carbocycles. The highest BCUT2D eigenvalue weighted by atomic mass is 32.2. The molecule has 0 saturated heterocycles. The Bertz CT molecular complexity index is 1110. The minimum Gasteiger partial charge on any atom is -0.337 e. The summed E-state index contributed by atoms with van der Waals surface area (Å²) in [6.07, 6.45) is 4.11. The van der Waals surface area contributed by atoms with Gasteiger partial charge in [0, 0.05) is 32.0 Å². The molecule has 2 heterocycles. The van der Waals surface area contributed by atoms with Crippen molar-refractivity contribution in [3.8, 4) is 0 Å². The van der Waals surface area contributed by atoms with Crippen LogP contribution in [0.1, 0.15) is 22.5 Å². The minimum atomic E-state index is -3.62. The summed E-state index contributed by atoms with van der Waals surface area (Å²) in [4.78, 5) is 18.5. The maximum atomic E-state index is 12.7. The standard InChI is InChI=1S/C22H23N3O3S/c26-22(25-12-10-19-8-4-5-9-20(19)15-25)17-29(27,28)16-21-23-11-13-24(21)14-18-6-2-1-3-7-18/h1-9,11,13H,10,12,14-17H2. The summed E-state index contributed by atoms with van der Waals surface area (Å²) >= 11 is 0. The number of sulfone groups is 1. The summed E-state index contributed by atoms with van der Waals surface area (Å²) < 4.78 is 27.2. The van der Waals surface area contributed by atoms with Gasteiger partial charge >= 0.3 is 0 Å². The van der Waals surface area contributed by atoms with E-state index in [1.165, 1.54) is 5.56 Å². The van der Waals surface area contributed by atoms with Gasteiger partial charge < -0.3 is 9.47 Å². The molecule has 6 nitrogen and oxygen atoms in total. The molecular weight excluding hydrogens is 386 g/mol. The Kier molecular flexibility index (Phi) is 5.49. The van der Waals surface area contributed by atoms with Crippen LogP contribution in [0.5, 0.6) is 0 Å². The normalized spacial score (nSPS) is 13.9. The second-order valence-electron chi connectivity index (χ2n) is 7.32. The number of imidazole rings is 1. The predicted octanol–water partition coefficient (Wildman–Crippen LogP) is 2.43. The molecule has 0 spiro atoms. The van der Waals surface area contributed by atoms with Crippen molar-refractivity contribution in [2.24, 2.45) is 0 Å². The van der Waals surface area contributed by atoms with Crippen LogP contribution in [0.15, 0.2) is 67.0 Å². The first-order chi connectivity index (χ1) is 14.0. The fourth-order valence-electron chi connectivity index (χ4n) is 3.64. The summed E-state index contributed by atoms with van der Waals surface area (Å²) in [7, 11) is -3.62. The second kappa shape index (κ2) is 8.21. The Morgan fingerprint density at radius 1 is 1.00 bits per heavy atom. The Morgan fingerprint density at radius 3 is 2.52 bits per heavy atom. The van der Waals surface area contributed by atoms with Gasteiger partial charge in [-0.1, -0.05) is 54.6 Å². The van der Waals surface area contributed by atoms with Crippen LogP contribution >= 0.6 is 0 Å². The molecule has 1 amide bonds. The first-order valence-corrected chi connectivity index (χ1v) is 11.4. The molecule has 150 valence electrons. The lowest BCUT2D eigenvalue weighted by atomic mass is 10.00. The molecule has 0 atom stereocenters. The van der Waals surface area contributed by atoms with Crippen molar-refractivity contribution in [1.29, 1.82) is 0 Å². The molecule has 0 radical (unpaired) electrons. The van der Waals surface area contributed by atoms with Gasteiger partial charge in [-0.2, -0.15) is 0 Å². The van der Waals surface area contributed by atoms with Gasteiger partial charge in [0.1, 0.15) is 17.3 Å². The number of carbonyl (C=O) groups excluding carboxylic acids is 1. The summed E-state index contributed by atoms with van der Waals surface area (Å²) in [5, 5.41) is 0. The maximum Gasteiger partial charge on any atom is 0.238 e. The second-order valence-corrected chi connectivity index (χ2v) is 9.39. The molecule has 0 unspecified atom stereocenters. The molecule has 7 heteroatoms. The van der Waals surface area contributed by atoms with Gasteiger partial charge in [0.25, 0.3) is 0 Å². The van der Waals surface area contributed by atoms with Crippen molar-refractivity contribution in [2.75, 3.05) is 12.3 Å². The molecule has 0 N–H and O–H groups in total. The van der Waals surface area contributed by atoms with E-state index in [0.717, 1.165) is 17.5 Å². The largest absolute Gasteiger partial charge is 0.337 e. The zero-order chi connectivity index (χ0) is 20.3. The lowest BCUT2D eigenvalue weighted by molar-refractivity contribution is -0.129. The number of hydrogen-bond donors (Lipinski definition) is 0.